The van der Waals surface area contributed by atoms with Crippen LogP contribution in [0.25, 0.3) is 0 Å². The van der Waals surface area contributed by atoms with Crippen LogP contribution < -0.4 is 0 Å². The smallest absolute Gasteiger partial charge is 0.211 e. The van der Waals surface area contributed by atoms with Gasteiger partial charge in [-0.2, -0.15) is 4.31 Å². The minimum atomic E-state index is -3.19. The predicted molar refractivity (Wildman–Crippen MR) is 64.0 cm³/mol. The Labute approximate surface area is 102 Å². The van der Waals surface area contributed by atoms with Gasteiger partial charge < -0.3 is 4.52 Å². The molecular formula is C11H18N2O3S. The van der Waals surface area contributed by atoms with E-state index in [0.717, 1.165) is 37.1 Å². The fourth-order valence-corrected chi connectivity index (χ4v) is 3.45. The van der Waals surface area contributed by atoms with E-state index >= 15 is 0 Å². The third-order valence-electron chi connectivity index (χ3n) is 3.12. The molecule has 1 atom stereocenters. The van der Waals surface area contributed by atoms with Gasteiger partial charge in [0.1, 0.15) is 11.5 Å². The molecular weight excluding hydrogens is 240 g/mol. The predicted octanol–water partition coefficient (Wildman–Crippen LogP) is 1.86. The highest BCUT2D eigenvalue weighted by molar-refractivity contribution is 7.88. The van der Waals surface area contributed by atoms with Gasteiger partial charge in [-0.25, -0.2) is 8.42 Å². The van der Waals surface area contributed by atoms with Crippen molar-refractivity contribution in [2.45, 2.75) is 38.6 Å². The molecule has 96 valence electrons. The van der Waals surface area contributed by atoms with Crippen molar-refractivity contribution < 1.29 is 12.9 Å². The van der Waals surface area contributed by atoms with E-state index < -0.39 is 10.0 Å². The van der Waals surface area contributed by atoms with Crippen molar-refractivity contribution in [2.24, 2.45) is 0 Å². The molecule has 17 heavy (non-hydrogen) atoms. The molecule has 0 aliphatic carbocycles. The first kappa shape index (κ1) is 12.6. The SMILES string of the molecule is Cc1cc(C2CCCCCN2S(C)(=O)=O)no1. The van der Waals surface area contributed by atoms with E-state index in [1.807, 2.05) is 13.0 Å². The number of hydrogen-bond donors (Lipinski definition) is 0. The van der Waals surface area contributed by atoms with Crippen LogP contribution in [0.5, 0.6) is 0 Å². The van der Waals surface area contributed by atoms with Crippen molar-refractivity contribution in [3.63, 3.8) is 0 Å². The maximum Gasteiger partial charge on any atom is 0.211 e. The highest BCUT2D eigenvalue weighted by atomic mass is 32.2. The highest BCUT2D eigenvalue weighted by Crippen LogP contribution is 2.31. The van der Waals surface area contributed by atoms with Gasteiger partial charge in [-0.05, 0) is 19.8 Å². The van der Waals surface area contributed by atoms with Gasteiger partial charge >= 0.3 is 0 Å². The normalized spacial score (nSPS) is 23.5. The van der Waals surface area contributed by atoms with Crippen molar-refractivity contribution in [2.75, 3.05) is 12.8 Å². The van der Waals surface area contributed by atoms with Gasteiger partial charge in [-0.1, -0.05) is 18.0 Å². The van der Waals surface area contributed by atoms with E-state index in [1.165, 1.54) is 6.26 Å². The molecule has 2 rings (SSSR count). The summed E-state index contributed by atoms with van der Waals surface area (Å²) < 4.78 is 30.2. The number of aryl methyl sites for hydroxylation is 1. The van der Waals surface area contributed by atoms with Gasteiger partial charge in [0.05, 0.1) is 12.3 Å². The van der Waals surface area contributed by atoms with Gasteiger partial charge in [-0.3, -0.25) is 0 Å². The average molecular weight is 258 g/mol. The Kier molecular flexibility index (Phi) is 3.53. The Morgan fingerprint density at radius 3 is 2.76 bits per heavy atom. The minimum Gasteiger partial charge on any atom is -0.361 e. The number of rotatable bonds is 2. The second-order valence-corrected chi connectivity index (χ2v) is 6.54. The molecule has 2 heterocycles. The summed E-state index contributed by atoms with van der Waals surface area (Å²) in [6, 6.07) is 1.67. The quantitative estimate of drug-likeness (QED) is 0.812. The zero-order valence-corrected chi connectivity index (χ0v) is 11.0. The third kappa shape index (κ3) is 2.87. The molecule has 0 N–H and O–H groups in total. The van der Waals surface area contributed by atoms with Crippen LogP contribution in [0, 0.1) is 6.92 Å². The Bertz CT molecular complexity index is 481. The molecule has 1 fully saturated rings. The summed E-state index contributed by atoms with van der Waals surface area (Å²) in [6.07, 6.45) is 5.10. The fourth-order valence-electron chi connectivity index (χ4n) is 2.32. The fraction of sp³-hybridized carbons (Fsp3) is 0.727. The average Bonchev–Trinajstić information content (AvgIpc) is 2.52. The van der Waals surface area contributed by atoms with E-state index in [4.69, 9.17) is 4.52 Å². The summed E-state index contributed by atoms with van der Waals surface area (Å²) >= 11 is 0. The number of aromatic nitrogens is 1. The molecule has 0 radical (unpaired) electrons. The highest BCUT2D eigenvalue weighted by Gasteiger charge is 2.31. The lowest BCUT2D eigenvalue weighted by Gasteiger charge is -2.25. The lowest BCUT2D eigenvalue weighted by molar-refractivity contribution is 0.306. The van der Waals surface area contributed by atoms with Crippen molar-refractivity contribution in [1.29, 1.82) is 0 Å². The third-order valence-corrected chi connectivity index (χ3v) is 4.41. The van der Waals surface area contributed by atoms with Crippen molar-refractivity contribution in [3.8, 4) is 0 Å². The molecule has 0 amide bonds. The van der Waals surface area contributed by atoms with Crippen LogP contribution >= 0.6 is 0 Å². The molecule has 1 saturated heterocycles. The molecule has 0 spiro atoms. The maximum absolute atomic E-state index is 11.8. The Balaban J connectivity index is 2.33. The second-order valence-electron chi connectivity index (χ2n) is 4.60. The summed E-state index contributed by atoms with van der Waals surface area (Å²) in [5.74, 6) is 0.720. The molecule has 1 aromatic heterocycles. The van der Waals surface area contributed by atoms with E-state index in [1.54, 1.807) is 4.31 Å². The van der Waals surface area contributed by atoms with Crippen LogP contribution in [-0.4, -0.2) is 30.7 Å². The van der Waals surface area contributed by atoms with Crippen LogP contribution in [-0.2, 0) is 10.0 Å². The summed E-state index contributed by atoms with van der Waals surface area (Å²) in [5.41, 5.74) is 0.731. The zero-order chi connectivity index (χ0) is 12.5. The summed E-state index contributed by atoms with van der Waals surface area (Å²) in [5, 5.41) is 3.96. The Morgan fingerprint density at radius 1 is 1.41 bits per heavy atom. The van der Waals surface area contributed by atoms with E-state index in [-0.39, 0.29) is 6.04 Å². The van der Waals surface area contributed by atoms with Gasteiger partial charge in [0.2, 0.25) is 10.0 Å². The number of hydrogen-bond acceptors (Lipinski definition) is 4. The van der Waals surface area contributed by atoms with Gasteiger partial charge in [0.25, 0.3) is 0 Å². The zero-order valence-electron chi connectivity index (χ0n) is 10.2. The molecule has 1 aliphatic heterocycles. The molecule has 1 aromatic rings. The van der Waals surface area contributed by atoms with Crippen LogP contribution in [0.15, 0.2) is 10.6 Å². The number of nitrogens with zero attached hydrogens (tertiary/aromatic N) is 2. The van der Waals surface area contributed by atoms with Crippen LogP contribution in [0.4, 0.5) is 0 Å². The number of sulfonamides is 1. The van der Waals surface area contributed by atoms with Gasteiger partial charge in [0, 0.05) is 12.6 Å². The first-order valence-corrected chi connectivity index (χ1v) is 7.73. The lowest BCUT2D eigenvalue weighted by atomic mass is 10.1. The molecule has 0 saturated carbocycles. The first-order valence-electron chi connectivity index (χ1n) is 5.88. The summed E-state index contributed by atoms with van der Waals surface area (Å²) in [6.45, 7) is 2.40. The molecule has 6 heteroatoms. The lowest BCUT2D eigenvalue weighted by Crippen LogP contribution is -2.34. The second kappa shape index (κ2) is 4.78. The first-order chi connectivity index (χ1) is 7.98. The standard InChI is InChI=1S/C11H18N2O3S/c1-9-8-10(12-16-9)11-6-4-3-5-7-13(11)17(2,14)15/h8,11H,3-7H2,1-2H3. The molecule has 5 nitrogen and oxygen atoms in total. The van der Waals surface area contributed by atoms with E-state index in [0.29, 0.717) is 6.54 Å². The largest absolute Gasteiger partial charge is 0.361 e. The van der Waals surface area contributed by atoms with Crippen molar-refractivity contribution in [3.05, 3.63) is 17.5 Å². The molecule has 0 bridgehead atoms. The topological polar surface area (TPSA) is 63.4 Å². The molecule has 1 aliphatic rings. The maximum atomic E-state index is 11.8. The monoisotopic (exact) mass is 258 g/mol. The van der Waals surface area contributed by atoms with Crippen molar-refractivity contribution in [1.82, 2.24) is 9.46 Å². The molecule has 0 aromatic carbocycles. The Morgan fingerprint density at radius 2 is 2.18 bits per heavy atom. The van der Waals surface area contributed by atoms with Gasteiger partial charge in [0.15, 0.2) is 0 Å². The van der Waals surface area contributed by atoms with Gasteiger partial charge in [-0.15, -0.1) is 0 Å². The van der Waals surface area contributed by atoms with Crippen LogP contribution in [0.3, 0.4) is 0 Å². The van der Waals surface area contributed by atoms with E-state index in [9.17, 15) is 8.42 Å². The van der Waals surface area contributed by atoms with Crippen LogP contribution in [0.2, 0.25) is 0 Å². The van der Waals surface area contributed by atoms with Crippen LogP contribution in [0.1, 0.15) is 43.2 Å². The Hall–Kier alpha value is -0.880. The summed E-state index contributed by atoms with van der Waals surface area (Å²) in [4.78, 5) is 0. The van der Waals surface area contributed by atoms with E-state index in [2.05, 4.69) is 5.16 Å². The summed E-state index contributed by atoms with van der Waals surface area (Å²) in [7, 11) is -3.19. The molecule has 1 unspecified atom stereocenters. The van der Waals surface area contributed by atoms with Crippen molar-refractivity contribution >= 4 is 10.0 Å². The minimum absolute atomic E-state index is 0.162.